The Balaban J connectivity index is 1.88. The first-order valence-electron chi connectivity index (χ1n) is 8.26. The first kappa shape index (κ1) is 17.1. The molecule has 1 aromatic carbocycles. The second-order valence-electron chi connectivity index (χ2n) is 6.93. The zero-order valence-electron chi connectivity index (χ0n) is 14.1. The van der Waals surface area contributed by atoms with Crippen LogP contribution in [0.3, 0.4) is 0 Å². The number of carboxylic acids is 1. The number of hydrogen-bond acceptors (Lipinski definition) is 4. The number of nitro groups is 1. The average Bonchev–Trinajstić information content (AvgIpc) is 3.11. The number of nitrogens with zero attached hydrogens (tertiary/aromatic N) is 1. The average molecular weight is 344 g/mol. The van der Waals surface area contributed by atoms with Crippen LogP contribution in [0.2, 0.25) is 0 Å². The SMILES string of the molecule is CC(C)=C1[C@H]2CC[C@@H]1[C@H](C(=O)O)[C@@H]2C(=O)Nc1cccc([N+](=O)[O-])c1. The maximum atomic E-state index is 12.8. The van der Waals surface area contributed by atoms with E-state index in [2.05, 4.69) is 5.32 Å². The van der Waals surface area contributed by atoms with Gasteiger partial charge in [-0.15, -0.1) is 0 Å². The lowest BCUT2D eigenvalue weighted by molar-refractivity contribution is -0.384. The highest BCUT2D eigenvalue weighted by Gasteiger charge is 2.57. The van der Waals surface area contributed by atoms with E-state index in [1.165, 1.54) is 18.2 Å². The molecule has 25 heavy (non-hydrogen) atoms. The van der Waals surface area contributed by atoms with Crippen LogP contribution >= 0.6 is 0 Å². The molecule has 0 unspecified atom stereocenters. The van der Waals surface area contributed by atoms with E-state index in [4.69, 9.17) is 0 Å². The van der Waals surface area contributed by atoms with Gasteiger partial charge in [0.25, 0.3) is 5.69 Å². The molecule has 4 atom stereocenters. The van der Waals surface area contributed by atoms with Crippen molar-refractivity contribution in [3.8, 4) is 0 Å². The quantitative estimate of drug-likeness (QED) is 0.495. The van der Waals surface area contributed by atoms with E-state index in [0.29, 0.717) is 5.69 Å². The van der Waals surface area contributed by atoms with Crippen molar-refractivity contribution in [2.45, 2.75) is 26.7 Å². The van der Waals surface area contributed by atoms with E-state index >= 15 is 0 Å². The molecular weight excluding hydrogens is 324 g/mol. The van der Waals surface area contributed by atoms with Crippen LogP contribution in [0.15, 0.2) is 35.4 Å². The standard InChI is InChI=1S/C18H20N2O5/c1-9(2)14-12-6-7-13(14)16(18(22)23)15(12)17(21)19-10-4-3-5-11(8-10)20(24)25/h3-5,8,12-13,15-16H,6-7H2,1-2H3,(H,19,21)(H,22,23)/t12-,13+,15-,16+/m1/s1. The van der Waals surface area contributed by atoms with Crippen molar-refractivity contribution in [3.05, 3.63) is 45.5 Å². The van der Waals surface area contributed by atoms with Crippen LogP contribution in [0.1, 0.15) is 26.7 Å². The molecule has 2 aliphatic rings. The molecule has 0 saturated heterocycles. The number of amides is 1. The smallest absolute Gasteiger partial charge is 0.307 e. The molecule has 0 spiro atoms. The number of carbonyl (C=O) groups excluding carboxylic acids is 1. The molecule has 0 aromatic heterocycles. The summed E-state index contributed by atoms with van der Waals surface area (Å²) in [5.74, 6) is -2.85. The summed E-state index contributed by atoms with van der Waals surface area (Å²) in [6.45, 7) is 3.92. The third-order valence-electron chi connectivity index (χ3n) is 5.33. The van der Waals surface area contributed by atoms with Gasteiger partial charge in [-0.25, -0.2) is 0 Å². The highest BCUT2D eigenvalue weighted by molar-refractivity contribution is 5.97. The summed E-state index contributed by atoms with van der Waals surface area (Å²) >= 11 is 0. The highest BCUT2D eigenvalue weighted by atomic mass is 16.6. The molecule has 132 valence electrons. The minimum absolute atomic E-state index is 0.0604. The van der Waals surface area contributed by atoms with Crippen molar-refractivity contribution in [1.29, 1.82) is 0 Å². The van der Waals surface area contributed by atoms with Crippen molar-refractivity contribution in [2.75, 3.05) is 5.32 Å². The highest BCUT2D eigenvalue weighted by Crippen LogP contribution is 2.57. The molecule has 2 aliphatic carbocycles. The molecule has 2 fully saturated rings. The number of nitro benzene ring substituents is 1. The Morgan fingerprint density at radius 3 is 2.40 bits per heavy atom. The molecule has 2 bridgehead atoms. The number of rotatable bonds is 4. The van der Waals surface area contributed by atoms with Crippen molar-refractivity contribution in [1.82, 2.24) is 0 Å². The number of fused-ring (bicyclic) bond motifs is 2. The predicted octanol–water partition coefficient (Wildman–Crippen LogP) is 3.23. The Labute approximate surface area is 144 Å². The topological polar surface area (TPSA) is 110 Å². The molecule has 2 saturated carbocycles. The van der Waals surface area contributed by atoms with Gasteiger partial charge in [0.05, 0.1) is 16.8 Å². The van der Waals surface area contributed by atoms with E-state index in [0.717, 1.165) is 24.0 Å². The number of benzene rings is 1. The lowest BCUT2D eigenvalue weighted by Gasteiger charge is -2.26. The number of carboxylic acid groups (broad SMARTS) is 1. The van der Waals surface area contributed by atoms with Crippen LogP contribution in [0, 0.1) is 33.8 Å². The number of allylic oxidation sites excluding steroid dienone is 2. The number of non-ortho nitro benzene ring substituents is 1. The summed E-state index contributed by atoms with van der Waals surface area (Å²) in [5.41, 5.74) is 2.38. The third-order valence-corrected chi connectivity index (χ3v) is 5.33. The van der Waals surface area contributed by atoms with Crippen LogP contribution in [0.4, 0.5) is 11.4 Å². The Bertz CT molecular complexity index is 781. The molecule has 0 aliphatic heterocycles. The number of hydrogen-bond donors (Lipinski definition) is 2. The summed E-state index contributed by atoms with van der Waals surface area (Å²) < 4.78 is 0. The van der Waals surface area contributed by atoms with Gasteiger partial charge in [-0.2, -0.15) is 0 Å². The summed E-state index contributed by atoms with van der Waals surface area (Å²) in [7, 11) is 0. The monoisotopic (exact) mass is 344 g/mol. The maximum absolute atomic E-state index is 12.8. The number of nitrogens with one attached hydrogen (secondary N) is 1. The zero-order chi connectivity index (χ0) is 18.3. The lowest BCUT2D eigenvalue weighted by atomic mass is 9.78. The van der Waals surface area contributed by atoms with Gasteiger partial charge in [0.2, 0.25) is 5.91 Å². The fourth-order valence-electron chi connectivity index (χ4n) is 4.53. The second-order valence-corrected chi connectivity index (χ2v) is 6.93. The van der Waals surface area contributed by atoms with Gasteiger partial charge in [0.1, 0.15) is 0 Å². The van der Waals surface area contributed by atoms with E-state index in [-0.39, 0.29) is 23.4 Å². The van der Waals surface area contributed by atoms with Crippen molar-refractivity contribution in [2.24, 2.45) is 23.7 Å². The van der Waals surface area contributed by atoms with Crippen molar-refractivity contribution < 1.29 is 19.6 Å². The molecule has 7 nitrogen and oxygen atoms in total. The number of aliphatic carboxylic acids is 1. The van der Waals surface area contributed by atoms with Crippen molar-refractivity contribution >= 4 is 23.3 Å². The minimum Gasteiger partial charge on any atom is -0.481 e. The van der Waals surface area contributed by atoms with E-state index in [1.807, 2.05) is 13.8 Å². The van der Waals surface area contributed by atoms with Gasteiger partial charge in [-0.3, -0.25) is 19.7 Å². The maximum Gasteiger partial charge on any atom is 0.307 e. The molecule has 7 heteroatoms. The number of carbonyl (C=O) groups is 2. The fourth-order valence-corrected chi connectivity index (χ4v) is 4.53. The summed E-state index contributed by atoms with van der Waals surface area (Å²) in [5, 5.41) is 23.2. The van der Waals surface area contributed by atoms with Gasteiger partial charge in [-0.05, 0) is 44.6 Å². The van der Waals surface area contributed by atoms with Crippen molar-refractivity contribution in [3.63, 3.8) is 0 Å². The van der Waals surface area contributed by atoms with Gasteiger partial charge in [0, 0.05) is 17.8 Å². The molecule has 1 amide bonds. The van der Waals surface area contributed by atoms with Gasteiger partial charge >= 0.3 is 5.97 Å². The first-order valence-corrected chi connectivity index (χ1v) is 8.26. The van der Waals surface area contributed by atoms with Crippen LogP contribution in [0.25, 0.3) is 0 Å². The largest absolute Gasteiger partial charge is 0.481 e. The summed E-state index contributed by atoms with van der Waals surface area (Å²) in [4.78, 5) is 34.9. The molecule has 3 rings (SSSR count). The first-order chi connectivity index (χ1) is 11.8. The van der Waals surface area contributed by atoms with Gasteiger partial charge in [0.15, 0.2) is 0 Å². The predicted molar refractivity (Wildman–Crippen MR) is 90.9 cm³/mol. The number of anilines is 1. The normalized spacial score (nSPS) is 27.2. The molecule has 2 N–H and O–H groups in total. The Morgan fingerprint density at radius 1 is 1.20 bits per heavy atom. The molecule has 0 heterocycles. The fraction of sp³-hybridized carbons (Fsp3) is 0.444. The molecular formula is C18H20N2O5. The summed E-state index contributed by atoms with van der Waals surface area (Å²) in [6, 6.07) is 5.68. The van der Waals surface area contributed by atoms with Crippen LogP contribution < -0.4 is 5.32 Å². The Hall–Kier alpha value is -2.70. The molecule has 1 aromatic rings. The van der Waals surface area contributed by atoms with Crippen LogP contribution in [-0.4, -0.2) is 21.9 Å². The summed E-state index contributed by atoms with van der Waals surface area (Å²) in [6.07, 6.45) is 1.60. The van der Waals surface area contributed by atoms with Crippen LogP contribution in [-0.2, 0) is 9.59 Å². The van der Waals surface area contributed by atoms with E-state index in [9.17, 15) is 24.8 Å². The molecule has 0 radical (unpaired) electrons. The lowest BCUT2D eigenvalue weighted by Crippen LogP contribution is -2.37. The van der Waals surface area contributed by atoms with Gasteiger partial charge < -0.3 is 10.4 Å². The van der Waals surface area contributed by atoms with E-state index < -0.39 is 22.7 Å². The third kappa shape index (κ3) is 2.90. The van der Waals surface area contributed by atoms with Gasteiger partial charge in [-0.1, -0.05) is 17.2 Å². The minimum atomic E-state index is -0.954. The Kier molecular flexibility index (Phi) is 4.32. The zero-order valence-corrected chi connectivity index (χ0v) is 14.1. The van der Waals surface area contributed by atoms with Crippen LogP contribution in [0.5, 0.6) is 0 Å². The Morgan fingerprint density at radius 2 is 1.84 bits per heavy atom. The van der Waals surface area contributed by atoms with E-state index in [1.54, 1.807) is 6.07 Å². The second kappa shape index (κ2) is 6.31.